The average molecular weight is 359 g/mol. The van der Waals surface area contributed by atoms with Gasteiger partial charge in [0, 0.05) is 11.8 Å². The zero-order valence-corrected chi connectivity index (χ0v) is 14.5. The van der Waals surface area contributed by atoms with Gasteiger partial charge in [-0.15, -0.1) is 11.8 Å². The summed E-state index contributed by atoms with van der Waals surface area (Å²) >= 11 is 1.72. The minimum absolute atomic E-state index is 0.0163. The Kier molecular flexibility index (Phi) is 7.62. The van der Waals surface area contributed by atoms with Crippen molar-refractivity contribution in [2.75, 3.05) is 12.9 Å². The van der Waals surface area contributed by atoms with Crippen molar-refractivity contribution >= 4 is 17.7 Å². The van der Waals surface area contributed by atoms with E-state index in [1.165, 1.54) is 45.3 Å². The van der Waals surface area contributed by atoms with Gasteiger partial charge in [0.2, 0.25) is 5.91 Å². The Hall–Kier alpha value is -1.50. The van der Waals surface area contributed by atoms with E-state index in [-0.39, 0.29) is 17.4 Å². The molecule has 1 aromatic rings. The molecule has 134 valence electrons. The molecular weight excluding hydrogens is 336 g/mol. The van der Waals surface area contributed by atoms with Crippen LogP contribution >= 0.6 is 11.8 Å². The van der Waals surface area contributed by atoms with Crippen molar-refractivity contribution < 1.29 is 23.0 Å². The molecule has 1 aliphatic rings. The molecule has 0 unspecified atom stereocenters. The summed E-state index contributed by atoms with van der Waals surface area (Å²) in [5.74, 6) is 0.639. The molecule has 0 aliphatic heterocycles. The number of benzene rings is 1. The minimum Gasteiger partial charge on any atom is -0.493 e. The normalized spacial score (nSPS) is 15.3. The first-order valence-corrected chi connectivity index (χ1v) is 9.13. The summed E-state index contributed by atoms with van der Waals surface area (Å²) < 4.78 is 34.0. The number of carbonyl (C=O) groups excluding carboxylic acids is 1. The highest BCUT2D eigenvalue weighted by molar-refractivity contribution is 8.00. The van der Waals surface area contributed by atoms with E-state index in [2.05, 4.69) is 10.1 Å². The van der Waals surface area contributed by atoms with Gasteiger partial charge in [0.05, 0.1) is 12.9 Å². The van der Waals surface area contributed by atoms with Crippen molar-refractivity contribution in [1.82, 2.24) is 5.32 Å². The van der Waals surface area contributed by atoms with Crippen LogP contribution in [0.2, 0.25) is 0 Å². The smallest absolute Gasteiger partial charge is 0.387 e. The maximum Gasteiger partial charge on any atom is 0.387 e. The van der Waals surface area contributed by atoms with E-state index in [4.69, 9.17) is 4.74 Å². The summed E-state index contributed by atoms with van der Waals surface area (Å²) in [6.07, 6.45) is 6.20. The van der Waals surface area contributed by atoms with Crippen LogP contribution in [0.3, 0.4) is 0 Å². The standard InChI is InChI=1S/C17H23F2NO3S/c1-22-15-9-12(7-8-14(15)23-17(18)19)10-20-16(21)11-24-13-5-3-2-4-6-13/h7-9,13,17H,2-6,10-11H2,1H3,(H,20,21). The molecule has 1 amide bonds. The lowest BCUT2D eigenvalue weighted by Gasteiger charge is -2.20. The van der Waals surface area contributed by atoms with Crippen LogP contribution in [0.4, 0.5) is 8.78 Å². The van der Waals surface area contributed by atoms with Crippen LogP contribution in [0.5, 0.6) is 11.5 Å². The molecule has 0 heterocycles. The monoisotopic (exact) mass is 359 g/mol. The number of nitrogens with one attached hydrogen (secondary N) is 1. The highest BCUT2D eigenvalue weighted by Crippen LogP contribution is 2.30. The summed E-state index contributed by atoms with van der Waals surface area (Å²) in [6.45, 7) is -2.57. The van der Waals surface area contributed by atoms with Gasteiger partial charge in [0.25, 0.3) is 0 Å². The largest absolute Gasteiger partial charge is 0.493 e. The molecule has 2 rings (SSSR count). The molecule has 1 aromatic carbocycles. The van der Waals surface area contributed by atoms with Gasteiger partial charge in [-0.2, -0.15) is 8.78 Å². The van der Waals surface area contributed by atoms with Crippen molar-refractivity contribution in [3.63, 3.8) is 0 Å². The van der Waals surface area contributed by atoms with Gasteiger partial charge in [0.15, 0.2) is 11.5 Å². The fourth-order valence-corrected chi connectivity index (χ4v) is 3.85. The summed E-state index contributed by atoms with van der Waals surface area (Å²) in [6, 6.07) is 4.64. The highest BCUT2D eigenvalue weighted by atomic mass is 32.2. The van der Waals surface area contributed by atoms with E-state index < -0.39 is 6.61 Å². The number of thioether (sulfide) groups is 1. The third-order valence-corrected chi connectivity index (χ3v) is 5.31. The van der Waals surface area contributed by atoms with Crippen LogP contribution < -0.4 is 14.8 Å². The Balaban J connectivity index is 1.79. The van der Waals surface area contributed by atoms with Crippen LogP contribution in [-0.4, -0.2) is 30.6 Å². The summed E-state index contributed by atoms with van der Waals surface area (Å²) in [5, 5.41) is 3.44. The number of hydrogen-bond donors (Lipinski definition) is 1. The van der Waals surface area contributed by atoms with Gasteiger partial charge < -0.3 is 14.8 Å². The van der Waals surface area contributed by atoms with E-state index in [9.17, 15) is 13.6 Å². The van der Waals surface area contributed by atoms with Crippen LogP contribution in [0, 0.1) is 0 Å². The molecule has 1 saturated carbocycles. The first-order chi connectivity index (χ1) is 11.6. The van der Waals surface area contributed by atoms with Gasteiger partial charge in [-0.1, -0.05) is 25.3 Å². The van der Waals surface area contributed by atoms with Gasteiger partial charge in [0.1, 0.15) is 0 Å². The van der Waals surface area contributed by atoms with E-state index in [0.29, 0.717) is 17.5 Å². The SMILES string of the molecule is COc1cc(CNC(=O)CSC2CCCCC2)ccc1OC(F)F. The minimum atomic E-state index is -2.90. The second kappa shape index (κ2) is 9.71. The number of methoxy groups -OCH3 is 1. The first kappa shape index (κ1) is 18.8. The number of alkyl halides is 2. The molecule has 1 N–H and O–H groups in total. The number of hydrogen-bond acceptors (Lipinski definition) is 4. The Morgan fingerprint density at radius 3 is 2.71 bits per heavy atom. The summed E-state index contributed by atoms with van der Waals surface area (Å²) in [4.78, 5) is 11.9. The Bertz CT molecular complexity index is 537. The van der Waals surface area contributed by atoms with E-state index >= 15 is 0 Å². The molecule has 7 heteroatoms. The second-order valence-electron chi connectivity index (χ2n) is 5.71. The third kappa shape index (κ3) is 6.19. The second-order valence-corrected chi connectivity index (χ2v) is 7.00. The number of ether oxygens (including phenoxy) is 2. The van der Waals surface area contributed by atoms with E-state index in [1.807, 2.05) is 0 Å². The van der Waals surface area contributed by atoms with Gasteiger partial charge in [-0.05, 0) is 30.5 Å². The molecule has 0 bridgehead atoms. The predicted octanol–water partition coefficient (Wildman–Crippen LogP) is 3.98. The van der Waals surface area contributed by atoms with Crippen molar-refractivity contribution in [2.24, 2.45) is 0 Å². The predicted molar refractivity (Wildman–Crippen MR) is 90.8 cm³/mol. The van der Waals surface area contributed by atoms with Crippen LogP contribution in [0.25, 0.3) is 0 Å². The average Bonchev–Trinajstić information content (AvgIpc) is 2.59. The molecular formula is C17H23F2NO3S. The summed E-state index contributed by atoms with van der Waals surface area (Å²) in [7, 11) is 1.39. The van der Waals surface area contributed by atoms with Crippen molar-refractivity contribution in [2.45, 2.75) is 50.5 Å². The van der Waals surface area contributed by atoms with Gasteiger partial charge in [-0.25, -0.2) is 0 Å². The Morgan fingerprint density at radius 1 is 1.29 bits per heavy atom. The van der Waals surface area contributed by atoms with Gasteiger partial charge >= 0.3 is 6.61 Å². The lowest BCUT2D eigenvalue weighted by Crippen LogP contribution is -2.26. The molecule has 0 saturated heterocycles. The number of halogens is 2. The Morgan fingerprint density at radius 2 is 2.04 bits per heavy atom. The number of carbonyl (C=O) groups is 1. The summed E-state index contributed by atoms with van der Waals surface area (Å²) in [5.41, 5.74) is 0.768. The maximum atomic E-state index is 12.3. The first-order valence-electron chi connectivity index (χ1n) is 8.08. The molecule has 0 spiro atoms. The zero-order chi connectivity index (χ0) is 17.4. The number of rotatable bonds is 8. The van der Waals surface area contributed by atoms with Crippen LogP contribution in [0.1, 0.15) is 37.7 Å². The maximum absolute atomic E-state index is 12.3. The third-order valence-electron chi connectivity index (χ3n) is 3.94. The van der Waals surface area contributed by atoms with Crippen molar-refractivity contribution in [1.29, 1.82) is 0 Å². The fraction of sp³-hybridized carbons (Fsp3) is 0.588. The molecule has 0 radical (unpaired) electrons. The molecule has 0 atom stereocenters. The zero-order valence-electron chi connectivity index (χ0n) is 13.7. The molecule has 1 fully saturated rings. The lowest BCUT2D eigenvalue weighted by atomic mass is 10.0. The lowest BCUT2D eigenvalue weighted by molar-refractivity contribution is -0.118. The van der Waals surface area contributed by atoms with E-state index in [0.717, 1.165) is 5.56 Å². The molecule has 24 heavy (non-hydrogen) atoms. The number of amides is 1. The Labute approximate surface area is 145 Å². The van der Waals surface area contributed by atoms with Crippen LogP contribution in [0.15, 0.2) is 18.2 Å². The molecule has 0 aromatic heterocycles. The quantitative estimate of drug-likeness (QED) is 0.763. The van der Waals surface area contributed by atoms with Crippen molar-refractivity contribution in [3.8, 4) is 11.5 Å². The van der Waals surface area contributed by atoms with Crippen LogP contribution in [-0.2, 0) is 11.3 Å². The van der Waals surface area contributed by atoms with E-state index in [1.54, 1.807) is 23.9 Å². The topological polar surface area (TPSA) is 47.6 Å². The fourth-order valence-electron chi connectivity index (χ4n) is 2.69. The molecule has 4 nitrogen and oxygen atoms in total. The highest BCUT2D eigenvalue weighted by Gasteiger charge is 2.15. The molecule has 1 aliphatic carbocycles. The van der Waals surface area contributed by atoms with Gasteiger partial charge in [-0.3, -0.25) is 4.79 Å². The van der Waals surface area contributed by atoms with Crippen molar-refractivity contribution in [3.05, 3.63) is 23.8 Å².